The van der Waals surface area contributed by atoms with E-state index < -0.39 is 5.82 Å². The van der Waals surface area contributed by atoms with Gasteiger partial charge in [0.15, 0.2) is 10.9 Å². The number of benzene rings is 1. The minimum Gasteiger partial charge on any atom is -0.375 e. The van der Waals surface area contributed by atoms with Crippen LogP contribution in [0.3, 0.4) is 0 Å². The third-order valence-electron chi connectivity index (χ3n) is 1.78. The van der Waals surface area contributed by atoms with Crippen LogP contribution in [0.2, 0.25) is 5.02 Å². The lowest BCUT2D eigenvalue weighted by Crippen LogP contribution is -1.83. The highest BCUT2D eigenvalue weighted by Gasteiger charge is 2.12. The van der Waals surface area contributed by atoms with E-state index in [1.165, 1.54) is 23.6 Å². The summed E-state index contributed by atoms with van der Waals surface area (Å²) >= 11 is 10.2. The van der Waals surface area contributed by atoms with Crippen molar-refractivity contribution < 1.29 is 4.39 Å². The van der Waals surface area contributed by atoms with Crippen LogP contribution in [0.4, 0.5) is 9.52 Å². The minimum absolute atomic E-state index is 0.0753. The van der Waals surface area contributed by atoms with Gasteiger partial charge in [-0.15, -0.1) is 0 Å². The average Bonchev–Trinajstić information content (AvgIpc) is 2.58. The molecule has 0 radical (unpaired) electrons. The van der Waals surface area contributed by atoms with Crippen LogP contribution in [0.5, 0.6) is 0 Å². The molecule has 0 saturated heterocycles. The monoisotopic (exact) mass is 306 g/mol. The summed E-state index contributed by atoms with van der Waals surface area (Å²) in [6.07, 6.45) is 1.53. The molecule has 15 heavy (non-hydrogen) atoms. The number of hydrogen-bond acceptors (Lipinski definition) is 3. The standard InChI is InChI=1S/C9H5BrClFN2S/c10-4-1-5(8(12)6(11)2-4)7-3-14-9(13)15-7/h1-3H,(H2,13,14). The number of aromatic nitrogens is 1. The Labute approximate surface area is 103 Å². The highest BCUT2D eigenvalue weighted by molar-refractivity contribution is 9.10. The number of rotatable bonds is 1. The van der Waals surface area contributed by atoms with Crippen LogP contribution >= 0.6 is 38.9 Å². The first-order valence-corrected chi connectivity index (χ1v) is 5.93. The van der Waals surface area contributed by atoms with E-state index >= 15 is 0 Å². The first-order valence-electron chi connectivity index (χ1n) is 3.94. The largest absolute Gasteiger partial charge is 0.375 e. The van der Waals surface area contributed by atoms with Gasteiger partial charge >= 0.3 is 0 Å². The molecule has 2 aromatic rings. The molecule has 0 saturated carbocycles. The van der Waals surface area contributed by atoms with Crippen LogP contribution in [0.15, 0.2) is 22.8 Å². The zero-order chi connectivity index (χ0) is 11.0. The van der Waals surface area contributed by atoms with Crippen molar-refractivity contribution in [1.82, 2.24) is 4.98 Å². The van der Waals surface area contributed by atoms with E-state index in [1.807, 2.05) is 0 Å². The molecule has 1 aromatic heterocycles. The van der Waals surface area contributed by atoms with E-state index in [4.69, 9.17) is 17.3 Å². The second kappa shape index (κ2) is 4.08. The third-order valence-corrected chi connectivity index (χ3v) is 3.37. The molecule has 0 aliphatic carbocycles. The van der Waals surface area contributed by atoms with Gasteiger partial charge in [0.2, 0.25) is 0 Å². The van der Waals surface area contributed by atoms with Crippen LogP contribution in [0.25, 0.3) is 10.4 Å². The highest BCUT2D eigenvalue weighted by Crippen LogP contribution is 2.34. The van der Waals surface area contributed by atoms with Crippen molar-refractivity contribution in [2.75, 3.05) is 5.73 Å². The summed E-state index contributed by atoms with van der Waals surface area (Å²) in [4.78, 5) is 4.53. The molecular weight excluding hydrogens is 303 g/mol. The van der Waals surface area contributed by atoms with Crippen LogP contribution in [0.1, 0.15) is 0 Å². The Bertz CT molecular complexity index is 515. The van der Waals surface area contributed by atoms with Gasteiger partial charge in [0.1, 0.15) is 0 Å². The maximum absolute atomic E-state index is 13.7. The van der Waals surface area contributed by atoms with Crippen LogP contribution < -0.4 is 5.73 Å². The molecule has 1 aromatic carbocycles. The quantitative estimate of drug-likeness (QED) is 0.810. The number of nitrogens with zero attached hydrogens (tertiary/aromatic N) is 1. The van der Waals surface area contributed by atoms with E-state index in [0.717, 1.165) is 4.47 Å². The molecule has 0 aliphatic rings. The van der Waals surface area contributed by atoms with Gasteiger partial charge in [-0.25, -0.2) is 9.37 Å². The molecular formula is C9H5BrClFN2S. The zero-order valence-corrected chi connectivity index (χ0v) is 10.5. The molecule has 1 heterocycles. The van der Waals surface area contributed by atoms with Crippen LogP contribution in [-0.2, 0) is 0 Å². The Balaban J connectivity index is 2.62. The first-order chi connectivity index (χ1) is 7.08. The van der Waals surface area contributed by atoms with Gasteiger partial charge in [-0.3, -0.25) is 0 Å². The Morgan fingerprint density at radius 1 is 1.47 bits per heavy atom. The van der Waals surface area contributed by atoms with E-state index in [2.05, 4.69) is 20.9 Å². The van der Waals surface area contributed by atoms with Gasteiger partial charge in [0.25, 0.3) is 0 Å². The van der Waals surface area contributed by atoms with Gasteiger partial charge < -0.3 is 5.73 Å². The highest BCUT2D eigenvalue weighted by atomic mass is 79.9. The molecule has 0 atom stereocenters. The van der Waals surface area contributed by atoms with E-state index in [0.29, 0.717) is 15.6 Å². The smallest absolute Gasteiger partial charge is 0.180 e. The maximum Gasteiger partial charge on any atom is 0.180 e. The molecule has 0 unspecified atom stereocenters. The number of halogens is 3. The van der Waals surface area contributed by atoms with Gasteiger partial charge in [-0.2, -0.15) is 0 Å². The summed E-state index contributed by atoms with van der Waals surface area (Å²) in [5.74, 6) is -0.455. The van der Waals surface area contributed by atoms with Crippen molar-refractivity contribution in [3.63, 3.8) is 0 Å². The Morgan fingerprint density at radius 3 is 2.80 bits per heavy atom. The summed E-state index contributed by atoms with van der Waals surface area (Å²) in [7, 11) is 0. The summed E-state index contributed by atoms with van der Waals surface area (Å²) in [5.41, 5.74) is 5.89. The molecule has 78 valence electrons. The number of hydrogen-bond donors (Lipinski definition) is 1. The fourth-order valence-corrected chi connectivity index (χ4v) is 2.65. The fourth-order valence-electron chi connectivity index (χ4n) is 1.15. The molecule has 0 aliphatic heterocycles. The van der Waals surface area contributed by atoms with E-state index in [1.54, 1.807) is 6.07 Å². The number of nitrogens with two attached hydrogens (primary N) is 1. The van der Waals surface area contributed by atoms with Crippen molar-refractivity contribution in [2.45, 2.75) is 0 Å². The second-order valence-electron chi connectivity index (χ2n) is 2.81. The SMILES string of the molecule is Nc1ncc(-c2cc(Br)cc(Cl)c2F)s1. The lowest BCUT2D eigenvalue weighted by molar-refractivity contribution is 0.632. The molecule has 6 heteroatoms. The van der Waals surface area contributed by atoms with Gasteiger partial charge in [0, 0.05) is 16.2 Å². The molecule has 2 nitrogen and oxygen atoms in total. The summed E-state index contributed by atoms with van der Waals surface area (Å²) in [6, 6.07) is 3.15. The normalized spacial score (nSPS) is 10.6. The van der Waals surface area contributed by atoms with Crippen molar-refractivity contribution in [3.8, 4) is 10.4 Å². The van der Waals surface area contributed by atoms with E-state index in [-0.39, 0.29) is 5.02 Å². The molecule has 0 amide bonds. The fraction of sp³-hybridized carbons (Fsp3) is 0. The molecule has 2 N–H and O–H groups in total. The van der Waals surface area contributed by atoms with E-state index in [9.17, 15) is 4.39 Å². The lowest BCUT2D eigenvalue weighted by Gasteiger charge is -2.02. The average molecular weight is 308 g/mol. The number of anilines is 1. The number of nitrogen functional groups attached to an aromatic ring is 1. The summed E-state index contributed by atoms with van der Waals surface area (Å²) in [6.45, 7) is 0. The summed E-state index contributed by atoms with van der Waals surface area (Å²) < 4.78 is 14.4. The van der Waals surface area contributed by atoms with Crippen LogP contribution in [-0.4, -0.2) is 4.98 Å². The predicted octanol–water partition coefficient (Wildman–Crippen LogP) is 3.95. The second-order valence-corrected chi connectivity index (χ2v) is 5.20. The zero-order valence-electron chi connectivity index (χ0n) is 7.30. The Hall–Kier alpha value is -0.650. The van der Waals surface area contributed by atoms with Gasteiger partial charge in [0.05, 0.1) is 9.90 Å². The maximum atomic E-state index is 13.7. The van der Waals surface area contributed by atoms with Gasteiger partial charge in [-0.05, 0) is 12.1 Å². The number of thiazole rings is 1. The Kier molecular flexibility index (Phi) is 2.95. The van der Waals surface area contributed by atoms with Crippen molar-refractivity contribution in [2.24, 2.45) is 0 Å². The third kappa shape index (κ3) is 2.14. The molecule has 0 spiro atoms. The molecule has 0 fully saturated rings. The first kappa shape index (κ1) is 10.9. The summed E-state index contributed by atoms with van der Waals surface area (Å²) in [5, 5.41) is 0.479. The van der Waals surface area contributed by atoms with Crippen LogP contribution in [0, 0.1) is 5.82 Å². The van der Waals surface area contributed by atoms with Crippen molar-refractivity contribution in [3.05, 3.63) is 33.6 Å². The Morgan fingerprint density at radius 2 is 2.20 bits per heavy atom. The molecule has 0 bridgehead atoms. The minimum atomic E-state index is -0.455. The van der Waals surface area contributed by atoms with Crippen molar-refractivity contribution >= 4 is 44.0 Å². The van der Waals surface area contributed by atoms with Crippen molar-refractivity contribution in [1.29, 1.82) is 0 Å². The topological polar surface area (TPSA) is 38.9 Å². The van der Waals surface area contributed by atoms with Gasteiger partial charge in [-0.1, -0.05) is 38.9 Å². The molecule has 2 rings (SSSR count). The lowest BCUT2D eigenvalue weighted by atomic mass is 10.2. The predicted molar refractivity (Wildman–Crippen MR) is 64.6 cm³/mol.